The van der Waals surface area contributed by atoms with Crippen molar-refractivity contribution in [3.63, 3.8) is 0 Å². The fourth-order valence-electron chi connectivity index (χ4n) is 1.57. The van der Waals surface area contributed by atoms with Crippen molar-refractivity contribution in [3.8, 4) is 5.75 Å². The molecule has 0 heterocycles. The minimum atomic E-state index is -0.864. The fraction of sp³-hybridized carbons (Fsp3) is 0.500. The third kappa shape index (κ3) is 5.26. The summed E-state index contributed by atoms with van der Waals surface area (Å²) in [5, 5.41) is 12.3. The number of hydrogen-bond acceptors (Lipinski definition) is 3. The highest BCUT2D eigenvalue weighted by atomic mass is 19.1. The van der Waals surface area contributed by atoms with Gasteiger partial charge in [0.2, 0.25) is 0 Å². The van der Waals surface area contributed by atoms with Crippen molar-refractivity contribution in [1.29, 1.82) is 0 Å². The van der Waals surface area contributed by atoms with E-state index >= 15 is 0 Å². The molecule has 1 atom stereocenters. The SMILES string of the molecule is C[C@@H](O)c1cc(F)ccc1OCC(=O)NC(C)(C)C. The lowest BCUT2D eigenvalue weighted by atomic mass is 10.1. The van der Waals surface area contributed by atoms with Gasteiger partial charge in [0.05, 0.1) is 6.10 Å². The molecule has 0 aliphatic rings. The van der Waals surface area contributed by atoms with Crippen molar-refractivity contribution >= 4 is 5.91 Å². The minimum absolute atomic E-state index is 0.178. The Bertz CT molecular complexity index is 452. The van der Waals surface area contributed by atoms with Crippen LogP contribution in [0.15, 0.2) is 18.2 Å². The zero-order chi connectivity index (χ0) is 14.6. The van der Waals surface area contributed by atoms with E-state index in [0.717, 1.165) is 0 Å². The lowest BCUT2D eigenvalue weighted by Gasteiger charge is -2.21. The topological polar surface area (TPSA) is 58.6 Å². The maximum Gasteiger partial charge on any atom is 0.258 e. The fourth-order valence-corrected chi connectivity index (χ4v) is 1.57. The third-order valence-electron chi connectivity index (χ3n) is 2.30. The van der Waals surface area contributed by atoms with E-state index in [1.807, 2.05) is 20.8 Å². The first kappa shape index (κ1) is 15.4. The van der Waals surface area contributed by atoms with Gasteiger partial charge in [-0.3, -0.25) is 4.79 Å². The molecule has 106 valence electrons. The second-order valence-corrected chi connectivity index (χ2v) is 5.44. The molecule has 0 saturated carbocycles. The standard InChI is InChI=1S/C14H20FNO3/c1-9(17)11-7-10(15)5-6-12(11)19-8-13(18)16-14(2,3)4/h5-7,9,17H,8H2,1-4H3,(H,16,18)/t9-/m1/s1. The van der Waals surface area contributed by atoms with Gasteiger partial charge >= 0.3 is 0 Å². The number of benzene rings is 1. The smallest absolute Gasteiger partial charge is 0.258 e. The van der Waals surface area contributed by atoms with Crippen LogP contribution in [0.4, 0.5) is 4.39 Å². The zero-order valence-corrected chi connectivity index (χ0v) is 11.7. The summed E-state index contributed by atoms with van der Waals surface area (Å²) in [6, 6.07) is 3.83. The van der Waals surface area contributed by atoms with Crippen molar-refractivity contribution in [2.75, 3.05) is 6.61 Å². The number of ether oxygens (including phenoxy) is 1. The summed E-state index contributed by atoms with van der Waals surface area (Å²) in [6.07, 6.45) is -0.864. The van der Waals surface area contributed by atoms with Gasteiger partial charge in [0, 0.05) is 11.1 Å². The summed E-state index contributed by atoms with van der Waals surface area (Å²) in [7, 11) is 0. The van der Waals surface area contributed by atoms with Crippen molar-refractivity contribution in [2.45, 2.75) is 39.3 Å². The van der Waals surface area contributed by atoms with Crippen LogP contribution in [0.25, 0.3) is 0 Å². The van der Waals surface area contributed by atoms with Crippen LogP contribution < -0.4 is 10.1 Å². The van der Waals surface area contributed by atoms with Crippen LogP contribution in [0.3, 0.4) is 0 Å². The number of halogens is 1. The van der Waals surface area contributed by atoms with E-state index in [0.29, 0.717) is 11.3 Å². The van der Waals surface area contributed by atoms with E-state index in [9.17, 15) is 14.3 Å². The number of nitrogens with one attached hydrogen (secondary N) is 1. The van der Waals surface area contributed by atoms with Crippen molar-refractivity contribution in [2.24, 2.45) is 0 Å². The molecule has 0 spiro atoms. The molecule has 0 aliphatic heterocycles. The largest absolute Gasteiger partial charge is 0.483 e. The van der Waals surface area contributed by atoms with E-state index < -0.39 is 11.9 Å². The number of hydrogen-bond donors (Lipinski definition) is 2. The van der Waals surface area contributed by atoms with Gasteiger partial charge in [-0.1, -0.05) is 0 Å². The average molecular weight is 269 g/mol. The van der Waals surface area contributed by atoms with Crippen LogP contribution in [0.1, 0.15) is 39.4 Å². The van der Waals surface area contributed by atoms with Crippen molar-refractivity contribution < 1.29 is 19.0 Å². The van der Waals surface area contributed by atoms with E-state index in [-0.39, 0.29) is 18.1 Å². The summed E-state index contributed by atoms with van der Waals surface area (Å²) in [4.78, 5) is 11.6. The van der Waals surface area contributed by atoms with Gasteiger partial charge in [0.1, 0.15) is 11.6 Å². The molecule has 1 aromatic rings. The van der Waals surface area contributed by atoms with Crippen LogP contribution in [0.5, 0.6) is 5.75 Å². The first-order chi connectivity index (χ1) is 8.69. The van der Waals surface area contributed by atoms with Crippen LogP contribution in [0, 0.1) is 5.82 Å². The molecule has 1 aromatic carbocycles. The molecule has 1 amide bonds. The highest BCUT2D eigenvalue weighted by Gasteiger charge is 2.16. The van der Waals surface area contributed by atoms with Crippen LogP contribution in [0.2, 0.25) is 0 Å². The second kappa shape index (κ2) is 6.02. The first-order valence-electron chi connectivity index (χ1n) is 6.10. The predicted octanol–water partition coefficient (Wildman–Crippen LogP) is 2.17. The van der Waals surface area contributed by atoms with Gasteiger partial charge in [-0.15, -0.1) is 0 Å². The molecule has 0 saturated heterocycles. The monoisotopic (exact) mass is 269 g/mol. The van der Waals surface area contributed by atoms with E-state index in [1.54, 1.807) is 0 Å². The Morgan fingerprint density at radius 3 is 2.63 bits per heavy atom. The predicted molar refractivity (Wildman–Crippen MR) is 70.4 cm³/mol. The number of aliphatic hydroxyl groups is 1. The van der Waals surface area contributed by atoms with Gasteiger partial charge in [-0.05, 0) is 45.9 Å². The van der Waals surface area contributed by atoms with Crippen molar-refractivity contribution in [1.82, 2.24) is 5.32 Å². The lowest BCUT2D eigenvalue weighted by Crippen LogP contribution is -2.43. The maximum absolute atomic E-state index is 13.1. The number of aliphatic hydroxyl groups excluding tert-OH is 1. The molecule has 0 unspecified atom stereocenters. The highest BCUT2D eigenvalue weighted by molar-refractivity contribution is 5.78. The number of carbonyl (C=O) groups excluding carboxylic acids is 1. The molecule has 0 fully saturated rings. The molecule has 4 nitrogen and oxygen atoms in total. The lowest BCUT2D eigenvalue weighted by molar-refractivity contribution is -0.124. The maximum atomic E-state index is 13.1. The number of amides is 1. The Labute approximate surface area is 112 Å². The molecule has 0 aliphatic carbocycles. The first-order valence-corrected chi connectivity index (χ1v) is 6.10. The Hall–Kier alpha value is -1.62. The average Bonchev–Trinajstić information content (AvgIpc) is 2.24. The summed E-state index contributed by atoms with van der Waals surface area (Å²) in [6.45, 7) is 6.93. The van der Waals surface area contributed by atoms with Gasteiger partial charge in [-0.2, -0.15) is 0 Å². The molecule has 0 bridgehead atoms. The minimum Gasteiger partial charge on any atom is -0.483 e. The molecule has 2 N–H and O–H groups in total. The van der Waals surface area contributed by atoms with E-state index in [1.165, 1.54) is 25.1 Å². The van der Waals surface area contributed by atoms with Crippen molar-refractivity contribution in [3.05, 3.63) is 29.6 Å². The summed E-state index contributed by atoms with van der Waals surface area (Å²) >= 11 is 0. The van der Waals surface area contributed by atoms with Gasteiger partial charge < -0.3 is 15.2 Å². The number of carbonyl (C=O) groups is 1. The van der Waals surface area contributed by atoms with Crippen LogP contribution in [-0.2, 0) is 4.79 Å². The molecule has 1 rings (SSSR count). The Kier molecular flexibility index (Phi) is 4.89. The van der Waals surface area contributed by atoms with Gasteiger partial charge in [-0.25, -0.2) is 4.39 Å². The zero-order valence-electron chi connectivity index (χ0n) is 11.7. The van der Waals surface area contributed by atoms with Crippen LogP contribution >= 0.6 is 0 Å². The molecule has 0 aromatic heterocycles. The Morgan fingerprint density at radius 2 is 2.11 bits per heavy atom. The highest BCUT2D eigenvalue weighted by Crippen LogP contribution is 2.25. The normalized spacial score (nSPS) is 12.9. The molecule has 19 heavy (non-hydrogen) atoms. The van der Waals surface area contributed by atoms with Gasteiger partial charge in [0.25, 0.3) is 5.91 Å². The molecular formula is C14H20FNO3. The van der Waals surface area contributed by atoms with Gasteiger partial charge in [0.15, 0.2) is 6.61 Å². The third-order valence-corrected chi connectivity index (χ3v) is 2.30. The quantitative estimate of drug-likeness (QED) is 0.880. The number of rotatable bonds is 4. The van der Waals surface area contributed by atoms with E-state index in [4.69, 9.17) is 4.74 Å². The molecule has 0 radical (unpaired) electrons. The summed E-state index contributed by atoms with van der Waals surface area (Å²) < 4.78 is 18.4. The second-order valence-electron chi connectivity index (χ2n) is 5.44. The molecular weight excluding hydrogens is 249 g/mol. The van der Waals surface area contributed by atoms with E-state index in [2.05, 4.69) is 5.32 Å². The molecule has 5 heteroatoms. The van der Waals surface area contributed by atoms with Crippen LogP contribution in [-0.4, -0.2) is 23.2 Å². The summed E-state index contributed by atoms with van der Waals surface area (Å²) in [5.74, 6) is -0.420. The Balaban J connectivity index is 2.70. The summed E-state index contributed by atoms with van der Waals surface area (Å²) in [5.41, 5.74) is -0.0142. The Morgan fingerprint density at radius 1 is 1.47 bits per heavy atom.